The number of nitro groups is 1. The van der Waals surface area contributed by atoms with Crippen LogP contribution in [0.5, 0.6) is 0 Å². The summed E-state index contributed by atoms with van der Waals surface area (Å²) in [6.07, 6.45) is 4.98. The minimum Gasteiger partial charge on any atom is -0.389 e. The molecule has 20 heavy (non-hydrogen) atoms. The summed E-state index contributed by atoms with van der Waals surface area (Å²) in [5, 5.41) is 24.6. The second-order valence-electron chi connectivity index (χ2n) is 5.42. The summed E-state index contributed by atoms with van der Waals surface area (Å²) in [5.74, 6) is 0. The summed E-state index contributed by atoms with van der Waals surface area (Å²) >= 11 is 6.02. The molecule has 0 aliphatic heterocycles. The molecule has 0 heterocycles. The average molecular weight is 299 g/mol. The Bertz CT molecular complexity index is 487. The maximum atomic E-state index is 10.6. The van der Waals surface area contributed by atoms with Crippen LogP contribution in [0.1, 0.15) is 37.7 Å². The fourth-order valence-electron chi connectivity index (χ4n) is 2.61. The van der Waals surface area contributed by atoms with Crippen molar-refractivity contribution >= 4 is 17.3 Å². The van der Waals surface area contributed by atoms with E-state index in [0.29, 0.717) is 18.1 Å². The smallest absolute Gasteiger partial charge is 0.270 e. The molecule has 0 saturated heterocycles. The van der Waals surface area contributed by atoms with Gasteiger partial charge in [0.15, 0.2) is 0 Å². The van der Waals surface area contributed by atoms with Crippen LogP contribution < -0.4 is 5.32 Å². The summed E-state index contributed by atoms with van der Waals surface area (Å²) in [6, 6.07) is 4.45. The van der Waals surface area contributed by atoms with Gasteiger partial charge in [0.05, 0.1) is 15.5 Å². The van der Waals surface area contributed by atoms with E-state index in [9.17, 15) is 15.2 Å². The molecule has 0 aromatic heterocycles. The van der Waals surface area contributed by atoms with Crippen molar-refractivity contribution in [1.82, 2.24) is 5.32 Å². The fraction of sp³-hybridized carbons (Fsp3) is 0.571. The number of benzene rings is 1. The molecule has 0 bridgehead atoms. The van der Waals surface area contributed by atoms with E-state index in [1.807, 2.05) is 0 Å². The highest BCUT2D eigenvalue weighted by molar-refractivity contribution is 6.31. The number of nitro benzene ring substituents is 1. The summed E-state index contributed by atoms with van der Waals surface area (Å²) in [7, 11) is 0. The number of hydrogen-bond donors (Lipinski definition) is 2. The second-order valence-corrected chi connectivity index (χ2v) is 5.83. The van der Waals surface area contributed by atoms with Crippen molar-refractivity contribution in [1.29, 1.82) is 0 Å². The van der Waals surface area contributed by atoms with Gasteiger partial charge >= 0.3 is 0 Å². The Morgan fingerprint density at radius 1 is 1.35 bits per heavy atom. The second kappa shape index (κ2) is 6.52. The highest BCUT2D eigenvalue weighted by Crippen LogP contribution is 2.27. The van der Waals surface area contributed by atoms with Gasteiger partial charge < -0.3 is 10.4 Å². The normalized spacial score (nSPS) is 17.9. The summed E-state index contributed by atoms with van der Waals surface area (Å²) in [5.41, 5.74) is 0.173. The molecule has 0 unspecified atom stereocenters. The summed E-state index contributed by atoms with van der Waals surface area (Å²) in [4.78, 5) is 10.2. The molecular weight excluding hydrogens is 280 g/mol. The van der Waals surface area contributed by atoms with E-state index in [-0.39, 0.29) is 5.69 Å². The number of nitrogens with one attached hydrogen (secondary N) is 1. The molecule has 1 saturated carbocycles. The third kappa shape index (κ3) is 3.91. The minimum absolute atomic E-state index is 0.00958. The van der Waals surface area contributed by atoms with Crippen LogP contribution in [-0.2, 0) is 6.54 Å². The Kier molecular flexibility index (Phi) is 4.96. The van der Waals surface area contributed by atoms with Crippen LogP contribution >= 0.6 is 11.6 Å². The number of hydrogen-bond acceptors (Lipinski definition) is 4. The number of rotatable bonds is 5. The minimum atomic E-state index is -0.620. The van der Waals surface area contributed by atoms with Crippen molar-refractivity contribution in [3.05, 3.63) is 38.9 Å². The number of nitrogens with zero attached hydrogens (tertiary/aromatic N) is 1. The fourth-order valence-corrected chi connectivity index (χ4v) is 2.85. The first-order valence-corrected chi connectivity index (χ1v) is 7.24. The molecule has 5 nitrogen and oxygen atoms in total. The van der Waals surface area contributed by atoms with Gasteiger partial charge in [-0.25, -0.2) is 0 Å². The molecule has 2 rings (SSSR count). The predicted octanol–water partition coefficient (Wildman–Crippen LogP) is 3.03. The number of halogens is 1. The van der Waals surface area contributed by atoms with Gasteiger partial charge in [-0.2, -0.15) is 0 Å². The predicted molar refractivity (Wildman–Crippen MR) is 77.8 cm³/mol. The Morgan fingerprint density at radius 3 is 2.65 bits per heavy atom. The van der Waals surface area contributed by atoms with E-state index in [0.717, 1.165) is 31.2 Å². The molecule has 0 spiro atoms. The third-order valence-electron chi connectivity index (χ3n) is 3.80. The molecule has 6 heteroatoms. The molecule has 0 radical (unpaired) electrons. The van der Waals surface area contributed by atoms with Crippen molar-refractivity contribution in [2.45, 2.75) is 44.2 Å². The first-order valence-electron chi connectivity index (χ1n) is 6.86. The molecule has 1 aromatic carbocycles. The average Bonchev–Trinajstić information content (AvgIpc) is 2.41. The SMILES string of the molecule is O=[N+]([O-])c1ccc(CNCC2(O)CCCCC2)c(Cl)c1. The Morgan fingerprint density at radius 2 is 2.05 bits per heavy atom. The standard InChI is InChI=1S/C14H19ClN2O3/c15-13-8-12(17(19)20)5-4-11(13)9-16-10-14(18)6-2-1-3-7-14/h4-5,8,16,18H,1-3,6-7,9-10H2. The monoisotopic (exact) mass is 298 g/mol. The van der Waals surface area contributed by atoms with E-state index in [4.69, 9.17) is 11.6 Å². The van der Waals surface area contributed by atoms with E-state index in [2.05, 4.69) is 5.32 Å². The maximum Gasteiger partial charge on any atom is 0.270 e. The first kappa shape index (κ1) is 15.2. The lowest BCUT2D eigenvalue weighted by Crippen LogP contribution is -2.41. The van der Waals surface area contributed by atoms with Crippen LogP contribution in [0.2, 0.25) is 5.02 Å². The molecule has 1 aliphatic carbocycles. The Labute approximate surface area is 123 Å². The van der Waals surface area contributed by atoms with Gasteiger partial charge in [-0.3, -0.25) is 10.1 Å². The number of aliphatic hydroxyl groups is 1. The van der Waals surface area contributed by atoms with Crippen molar-refractivity contribution in [2.24, 2.45) is 0 Å². The zero-order valence-corrected chi connectivity index (χ0v) is 12.0. The quantitative estimate of drug-likeness (QED) is 0.647. The third-order valence-corrected chi connectivity index (χ3v) is 4.15. The topological polar surface area (TPSA) is 75.4 Å². The van der Waals surface area contributed by atoms with E-state index in [1.54, 1.807) is 6.07 Å². The van der Waals surface area contributed by atoms with Crippen LogP contribution in [0.15, 0.2) is 18.2 Å². The van der Waals surface area contributed by atoms with Crippen LogP contribution in [0, 0.1) is 10.1 Å². The lowest BCUT2D eigenvalue weighted by Gasteiger charge is -2.32. The number of non-ortho nitro benzene ring substituents is 1. The van der Waals surface area contributed by atoms with Gasteiger partial charge in [-0.15, -0.1) is 0 Å². The van der Waals surface area contributed by atoms with E-state index < -0.39 is 10.5 Å². The van der Waals surface area contributed by atoms with Gasteiger partial charge in [0.25, 0.3) is 5.69 Å². The van der Waals surface area contributed by atoms with Crippen LogP contribution in [0.25, 0.3) is 0 Å². The van der Waals surface area contributed by atoms with Crippen molar-refractivity contribution in [3.63, 3.8) is 0 Å². The molecule has 1 aromatic rings. The van der Waals surface area contributed by atoms with E-state index >= 15 is 0 Å². The van der Waals surface area contributed by atoms with Crippen molar-refractivity contribution in [2.75, 3.05) is 6.54 Å². The Hall–Kier alpha value is -1.17. The summed E-state index contributed by atoms with van der Waals surface area (Å²) in [6.45, 7) is 1.03. The zero-order valence-electron chi connectivity index (χ0n) is 11.3. The summed E-state index contributed by atoms with van der Waals surface area (Å²) < 4.78 is 0. The van der Waals surface area contributed by atoms with Crippen molar-refractivity contribution < 1.29 is 10.0 Å². The van der Waals surface area contributed by atoms with Gasteiger partial charge in [0, 0.05) is 25.2 Å². The molecule has 2 N–H and O–H groups in total. The van der Waals surface area contributed by atoms with Gasteiger partial charge in [0.2, 0.25) is 0 Å². The maximum absolute atomic E-state index is 10.6. The van der Waals surface area contributed by atoms with Gasteiger partial charge in [-0.1, -0.05) is 30.9 Å². The van der Waals surface area contributed by atoms with Crippen LogP contribution in [0.3, 0.4) is 0 Å². The molecule has 1 aliphatic rings. The molecule has 110 valence electrons. The lowest BCUT2D eigenvalue weighted by molar-refractivity contribution is -0.384. The van der Waals surface area contributed by atoms with Gasteiger partial charge in [-0.05, 0) is 24.5 Å². The molecule has 0 amide bonds. The lowest BCUT2D eigenvalue weighted by atomic mass is 9.85. The Balaban J connectivity index is 1.89. The molecular formula is C14H19ClN2O3. The zero-order chi connectivity index (χ0) is 14.6. The van der Waals surface area contributed by atoms with Gasteiger partial charge in [0.1, 0.15) is 0 Å². The highest BCUT2D eigenvalue weighted by atomic mass is 35.5. The van der Waals surface area contributed by atoms with Crippen LogP contribution in [-0.4, -0.2) is 22.2 Å². The largest absolute Gasteiger partial charge is 0.389 e. The van der Waals surface area contributed by atoms with Crippen molar-refractivity contribution in [3.8, 4) is 0 Å². The first-order chi connectivity index (χ1) is 9.50. The van der Waals surface area contributed by atoms with E-state index in [1.165, 1.54) is 18.6 Å². The molecule has 1 fully saturated rings. The van der Waals surface area contributed by atoms with Crippen LogP contribution in [0.4, 0.5) is 5.69 Å². The highest BCUT2D eigenvalue weighted by Gasteiger charge is 2.28. The molecule has 0 atom stereocenters.